The first kappa shape index (κ1) is 15.6. The summed E-state index contributed by atoms with van der Waals surface area (Å²) in [7, 11) is 1.86. The summed E-state index contributed by atoms with van der Waals surface area (Å²) in [5.41, 5.74) is 6.34. The molecule has 2 nitrogen and oxygen atoms in total. The standard InChI is InChI=1S/C24H27N2/c1-15(2)19-13-22(16(3)4)17(5)23(14-19)24-21-9-8-20(25-6)12-18(21)10-11-26(24)7/h8-16H,1-5,7H3/q+1/i10D,11D. The van der Waals surface area contributed by atoms with E-state index in [1.807, 2.05) is 13.1 Å². The third-order valence-corrected chi connectivity index (χ3v) is 5.10. The zero-order valence-corrected chi connectivity index (χ0v) is 16.4. The second-order valence-corrected chi connectivity index (χ2v) is 7.58. The highest BCUT2D eigenvalue weighted by Crippen LogP contribution is 2.35. The highest BCUT2D eigenvalue weighted by Gasteiger charge is 2.21. The molecule has 0 fully saturated rings. The molecule has 0 aliphatic carbocycles. The summed E-state index contributed by atoms with van der Waals surface area (Å²) in [6, 6.07) is 10.1. The monoisotopic (exact) mass is 345 g/mol. The molecule has 3 rings (SSSR count). The molecule has 2 aromatic carbocycles. The van der Waals surface area contributed by atoms with Crippen molar-refractivity contribution >= 4 is 16.5 Å². The Bertz CT molecular complexity index is 1120. The number of benzene rings is 2. The summed E-state index contributed by atoms with van der Waals surface area (Å²) in [4.78, 5) is 3.51. The number of pyridine rings is 1. The highest BCUT2D eigenvalue weighted by atomic mass is 14.9. The van der Waals surface area contributed by atoms with Crippen molar-refractivity contribution < 1.29 is 7.31 Å². The van der Waals surface area contributed by atoms with Crippen LogP contribution >= 0.6 is 0 Å². The third kappa shape index (κ3) is 3.10. The number of rotatable bonds is 3. The Kier molecular flexibility index (Phi) is 4.15. The fourth-order valence-corrected chi connectivity index (χ4v) is 3.56. The largest absolute Gasteiger partial charge is 0.238 e. The van der Waals surface area contributed by atoms with Crippen LogP contribution in [-0.4, -0.2) is 0 Å². The SMILES string of the molecule is [2H]c1c([2H])[n+](C)c(-c2cc(C(C)C)cc(C(C)C)c2C)c2ccc([N+]#[C-])cc12. The fraction of sp³-hybridized carbons (Fsp3) is 0.333. The summed E-state index contributed by atoms with van der Waals surface area (Å²) in [6.45, 7) is 18.3. The molecule has 0 amide bonds. The Hall–Kier alpha value is -2.66. The van der Waals surface area contributed by atoms with Crippen LogP contribution in [0.2, 0.25) is 0 Å². The van der Waals surface area contributed by atoms with Crippen LogP contribution in [0.15, 0.2) is 42.5 Å². The number of aromatic nitrogens is 1. The first-order chi connectivity index (χ1) is 13.2. The summed E-state index contributed by atoms with van der Waals surface area (Å²) >= 11 is 0. The van der Waals surface area contributed by atoms with Crippen molar-refractivity contribution in [2.24, 2.45) is 7.05 Å². The average molecular weight is 346 g/mol. The molecule has 1 heterocycles. The molecule has 0 aliphatic rings. The van der Waals surface area contributed by atoms with Crippen molar-refractivity contribution in [1.82, 2.24) is 0 Å². The fourth-order valence-electron chi connectivity index (χ4n) is 3.56. The minimum atomic E-state index is 0.157. The lowest BCUT2D eigenvalue weighted by Gasteiger charge is -2.18. The molecule has 26 heavy (non-hydrogen) atoms. The minimum Gasteiger partial charge on any atom is -0.238 e. The van der Waals surface area contributed by atoms with Gasteiger partial charge in [-0.25, -0.2) is 9.41 Å². The van der Waals surface area contributed by atoms with E-state index >= 15 is 0 Å². The molecular weight excluding hydrogens is 316 g/mol. The van der Waals surface area contributed by atoms with Crippen molar-refractivity contribution in [3.05, 3.63) is 70.7 Å². The molecule has 0 bridgehead atoms. The van der Waals surface area contributed by atoms with Gasteiger partial charge in [0.05, 0.1) is 18.9 Å². The quantitative estimate of drug-likeness (QED) is 0.381. The van der Waals surface area contributed by atoms with Crippen LogP contribution in [0.5, 0.6) is 0 Å². The van der Waals surface area contributed by atoms with E-state index in [2.05, 4.69) is 51.6 Å². The van der Waals surface area contributed by atoms with Crippen LogP contribution in [0.4, 0.5) is 5.69 Å². The third-order valence-electron chi connectivity index (χ3n) is 5.10. The van der Waals surface area contributed by atoms with Crippen LogP contribution < -0.4 is 4.57 Å². The van der Waals surface area contributed by atoms with Gasteiger partial charge in [0, 0.05) is 6.04 Å². The van der Waals surface area contributed by atoms with E-state index in [-0.39, 0.29) is 12.2 Å². The van der Waals surface area contributed by atoms with E-state index in [1.165, 1.54) is 16.7 Å². The van der Waals surface area contributed by atoms with Gasteiger partial charge < -0.3 is 0 Å². The van der Waals surface area contributed by atoms with Crippen LogP contribution in [0.1, 0.15) is 59.0 Å². The van der Waals surface area contributed by atoms with E-state index in [9.17, 15) is 0 Å². The number of nitrogens with zero attached hydrogens (tertiary/aromatic N) is 2. The van der Waals surface area contributed by atoms with Crippen molar-refractivity contribution in [3.8, 4) is 11.3 Å². The van der Waals surface area contributed by atoms with Gasteiger partial charge >= 0.3 is 0 Å². The maximum Gasteiger partial charge on any atom is 0.220 e. The van der Waals surface area contributed by atoms with Gasteiger partial charge in [0.1, 0.15) is 8.42 Å². The second-order valence-electron chi connectivity index (χ2n) is 7.58. The Morgan fingerprint density at radius 2 is 1.81 bits per heavy atom. The van der Waals surface area contributed by atoms with Gasteiger partial charge in [0.2, 0.25) is 5.69 Å². The highest BCUT2D eigenvalue weighted by molar-refractivity contribution is 5.95. The zero-order valence-electron chi connectivity index (χ0n) is 18.4. The maximum absolute atomic E-state index is 8.49. The van der Waals surface area contributed by atoms with Gasteiger partial charge in [-0.3, -0.25) is 0 Å². The number of fused-ring (bicyclic) bond motifs is 1. The Labute approximate surface area is 159 Å². The molecule has 1 aromatic heterocycles. The van der Waals surface area contributed by atoms with Crippen molar-refractivity contribution in [1.29, 1.82) is 0 Å². The van der Waals surface area contributed by atoms with E-state index < -0.39 is 0 Å². The summed E-state index contributed by atoms with van der Waals surface area (Å²) in [5, 5.41) is 1.57. The van der Waals surface area contributed by atoms with Gasteiger partial charge in [-0.05, 0) is 53.0 Å². The minimum absolute atomic E-state index is 0.157. The molecular formula is C24H27N2+. The molecule has 0 saturated heterocycles. The van der Waals surface area contributed by atoms with Gasteiger partial charge in [-0.2, -0.15) is 0 Å². The van der Waals surface area contributed by atoms with E-state index in [0.29, 0.717) is 22.9 Å². The summed E-state index contributed by atoms with van der Waals surface area (Å²) < 4.78 is 18.7. The molecule has 132 valence electrons. The Balaban J connectivity index is 2.50. The van der Waals surface area contributed by atoms with Crippen LogP contribution in [-0.2, 0) is 7.05 Å². The molecule has 3 aromatic rings. The maximum atomic E-state index is 8.49. The van der Waals surface area contributed by atoms with E-state index in [4.69, 9.17) is 9.31 Å². The van der Waals surface area contributed by atoms with Crippen molar-refractivity contribution in [3.63, 3.8) is 0 Å². The lowest BCUT2D eigenvalue weighted by Crippen LogP contribution is -2.31. The zero-order chi connectivity index (χ0) is 20.7. The molecule has 0 aliphatic heterocycles. The summed E-state index contributed by atoms with van der Waals surface area (Å²) in [5.74, 6) is 0.793. The molecule has 0 atom stereocenters. The summed E-state index contributed by atoms with van der Waals surface area (Å²) in [6.07, 6.45) is 0.157. The van der Waals surface area contributed by atoms with E-state index in [0.717, 1.165) is 16.6 Å². The lowest BCUT2D eigenvalue weighted by molar-refractivity contribution is -0.659. The first-order valence-electron chi connectivity index (χ1n) is 10.1. The Morgan fingerprint density at radius 1 is 1.08 bits per heavy atom. The smallest absolute Gasteiger partial charge is 0.220 e. The Morgan fingerprint density at radius 3 is 2.42 bits per heavy atom. The van der Waals surface area contributed by atoms with Gasteiger partial charge in [-0.15, -0.1) is 0 Å². The predicted octanol–water partition coefficient (Wildman–Crippen LogP) is 6.44. The normalized spacial score (nSPS) is 12.4. The van der Waals surface area contributed by atoms with Gasteiger partial charge in [0.15, 0.2) is 11.9 Å². The molecule has 0 unspecified atom stereocenters. The lowest BCUT2D eigenvalue weighted by atomic mass is 9.86. The number of hydrogen-bond acceptors (Lipinski definition) is 0. The molecule has 0 saturated carbocycles. The molecule has 0 N–H and O–H groups in total. The number of hydrogen-bond donors (Lipinski definition) is 0. The van der Waals surface area contributed by atoms with Crippen molar-refractivity contribution in [2.45, 2.75) is 46.5 Å². The predicted molar refractivity (Wildman–Crippen MR) is 110 cm³/mol. The van der Waals surface area contributed by atoms with Crippen LogP contribution in [0.3, 0.4) is 0 Å². The van der Waals surface area contributed by atoms with Crippen molar-refractivity contribution in [2.75, 3.05) is 0 Å². The van der Waals surface area contributed by atoms with Crippen LogP contribution in [0.25, 0.3) is 26.9 Å². The first-order valence-corrected chi connectivity index (χ1v) is 9.12. The van der Waals surface area contributed by atoms with Gasteiger partial charge in [0.25, 0.3) is 0 Å². The van der Waals surface area contributed by atoms with Gasteiger partial charge in [-0.1, -0.05) is 45.9 Å². The van der Waals surface area contributed by atoms with Crippen LogP contribution in [0, 0.1) is 13.5 Å². The average Bonchev–Trinajstić information content (AvgIpc) is 2.66. The second kappa shape index (κ2) is 6.92. The molecule has 2 heteroatoms. The van der Waals surface area contributed by atoms with E-state index in [1.54, 1.807) is 16.7 Å². The topological polar surface area (TPSA) is 8.24 Å². The molecule has 0 spiro atoms. The molecule has 0 radical (unpaired) electrons.